The van der Waals surface area contributed by atoms with Crippen LogP contribution in [-0.2, 0) is 6.54 Å². The number of anilines is 2. The summed E-state index contributed by atoms with van der Waals surface area (Å²) < 4.78 is 5.31. The molecule has 1 aromatic heterocycles. The highest BCUT2D eigenvalue weighted by Crippen LogP contribution is 2.17. The third-order valence-electron chi connectivity index (χ3n) is 5.33. The third kappa shape index (κ3) is 6.34. The van der Waals surface area contributed by atoms with Crippen LogP contribution in [0.3, 0.4) is 0 Å². The zero-order valence-electron chi connectivity index (χ0n) is 18.4. The first-order valence-corrected chi connectivity index (χ1v) is 11.9. The van der Waals surface area contributed by atoms with Crippen molar-refractivity contribution in [2.75, 3.05) is 41.9 Å². The molecule has 1 saturated heterocycles. The number of hydrogen-bond donors (Lipinski definition) is 1. The zero-order valence-corrected chi connectivity index (χ0v) is 19.3. The van der Waals surface area contributed by atoms with Crippen molar-refractivity contribution in [2.45, 2.75) is 6.54 Å². The molecule has 1 N–H and O–H groups in total. The van der Waals surface area contributed by atoms with E-state index in [1.54, 1.807) is 19.2 Å². The van der Waals surface area contributed by atoms with Crippen molar-refractivity contribution in [2.24, 2.45) is 0 Å². The predicted molar refractivity (Wildman–Crippen MR) is 132 cm³/mol. The second-order valence-corrected chi connectivity index (χ2v) is 8.91. The van der Waals surface area contributed by atoms with E-state index in [1.165, 1.54) is 28.2 Å². The van der Waals surface area contributed by atoms with E-state index in [2.05, 4.69) is 15.2 Å². The van der Waals surface area contributed by atoms with Gasteiger partial charge in [0.25, 0.3) is 5.91 Å². The molecule has 0 bridgehead atoms. The van der Waals surface area contributed by atoms with E-state index in [1.807, 2.05) is 66.4 Å². The molecule has 170 valence electrons. The Morgan fingerprint density at radius 2 is 1.76 bits per heavy atom. The van der Waals surface area contributed by atoms with Crippen LogP contribution in [0.1, 0.15) is 15.9 Å². The number of nitrogens with zero attached hydrogens (tertiary/aromatic N) is 3. The first-order valence-electron chi connectivity index (χ1n) is 10.8. The van der Waals surface area contributed by atoms with Gasteiger partial charge in [-0.15, -0.1) is 0 Å². The lowest BCUT2D eigenvalue weighted by molar-refractivity contribution is 0.102. The minimum Gasteiger partial charge on any atom is -0.391 e. The number of carbonyl (C=O) groups is 2. The summed E-state index contributed by atoms with van der Waals surface area (Å²) in [6.07, 6.45) is 0.917. The van der Waals surface area contributed by atoms with Crippen molar-refractivity contribution in [1.82, 2.24) is 9.88 Å². The van der Waals surface area contributed by atoms with Gasteiger partial charge >= 0.3 is 6.09 Å². The zero-order chi connectivity index (χ0) is 23.0. The Hall–Kier alpha value is -3.36. The number of thioether (sulfide) groups is 1. The maximum absolute atomic E-state index is 12.6. The lowest BCUT2D eigenvalue weighted by Gasteiger charge is -2.26. The highest BCUT2D eigenvalue weighted by Gasteiger charge is 2.15. The van der Waals surface area contributed by atoms with Crippen LogP contribution in [-0.4, -0.2) is 53.5 Å². The monoisotopic (exact) mass is 462 g/mol. The summed E-state index contributed by atoms with van der Waals surface area (Å²) in [6, 6.07) is 20.1. The number of pyridine rings is 1. The topological polar surface area (TPSA) is 74.8 Å². The van der Waals surface area contributed by atoms with Crippen molar-refractivity contribution in [3.8, 4) is 5.88 Å². The molecular weight excluding hydrogens is 436 g/mol. The number of ether oxygens (including phenoxy) is 1. The molecule has 8 heteroatoms. The molecule has 2 heterocycles. The number of para-hydroxylation sites is 1. The fourth-order valence-electron chi connectivity index (χ4n) is 3.41. The summed E-state index contributed by atoms with van der Waals surface area (Å²) in [4.78, 5) is 32.8. The Morgan fingerprint density at radius 1 is 1.03 bits per heavy atom. The third-order valence-corrected chi connectivity index (χ3v) is 6.27. The van der Waals surface area contributed by atoms with Crippen molar-refractivity contribution in [3.05, 3.63) is 84.1 Å². The Morgan fingerprint density at radius 3 is 2.42 bits per heavy atom. The highest BCUT2D eigenvalue weighted by molar-refractivity contribution is 7.99. The van der Waals surface area contributed by atoms with E-state index in [0.717, 1.165) is 19.6 Å². The van der Waals surface area contributed by atoms with Gasteiger partial charge in [-0.05, 0) is 35.9 Å². The number of carbonyl (C=O) groups excluding carboxylic acids is 2. The summed E-state index contributed by atoms with van der Waals surface area (Å²) in [6.45, 7) is 3.12. The molecular formula is C25H26N4O3S. The molecule has 4 rings (SSSR count). The Bertz CT molecular complexity index is 1070. The average Bonchev–Trinajstić information content (AvgIpc) is 2.86. The van der Waals surface area contributed by atoms with Crippen LogP contribution in [0, 0.1) is 0 Å². The van der Waals surface area contributed by atoms with E-state index >= 15 is 0 Å². The van der Waals surface area contributed by atoms with Crippen molar-refractivity contribution < 1.29 is 14.3 Å². The predicted octanol–water partition coefficient (Wildman–Crippen LogP) is 4.52. The molecule has 7 nitrogen and oxygen atoms in total. The second-order valence-electron chi connectivity index (χ2n) is 7.69. The van der Waals surface area contributed by atoms with Gasteiger partial charge < -0.3 is 10.1 Å². The van der Waals surface area contributed by atoms with Crippen LogP contribution < -0.4 is 15.0 Å². The van der Waals surface area contributed by atoms with Gasteiger partial charge in [-0.1, -0.05) is 30.3 Å². The van der Waals surface area contributed by atoms with Crippen LogP contribution in [0.5, 0.6) is 5.88 Å². The standard InChI is InChI=1S/C25H26N4O3S/c1-28(22-5-3-2-4-6-22)25(31)32-23-12-11-21(17-26-23)27-24(30)20-9-7-19(8-10-20)18-29-13-15-33-16-14-29/h2-12,17H,13-16,18H2,1H3,(H,27,30). The van der Waals surface area contributed by atoms with Gasteiger partial charge in [0.2, 0.25) is 5.88 Å². The molecule has 2 aromatic carbocycles. The lowest BCUT2D eigenvalue weighted by atomic mass is 10.1. The Balaban J connectivity index is 1.30. The quantitative estimate of drug-likeness (QED) is 0.581. The maximum Gasteiger partial charge on any atom is 0.420 e. The SMILES string of the molecule is CN(C(=O)Oc1ccc(NC(=O)c2ccc(CN3CCSCC3)cc2)cn1)c1ccccc1. The van der Waals surface area contributed by atoms with Gasteiger partial charge in [0.15, 0.2) is 0 Å². The normalized spacial score (nSPS) is 13.8. The largest absolute Gasteiger partial charge is 0.420 e. The smallest absolute Gasteiger partial charge is 0.391 e. The van der Waals surface area contributed by atoms with Crippen molar-refractivity contribution >= 4 is 35.1 Å². The maximum atomic E-state index is 12.6. The summed E-state index contributed by atoms with van der Waals surface area (Å²) in [5.74, 6) is 2.29. The number of hydrogen-bond acceptors (Lipinski definition) is 6. The molecule has 33 heavy (non-hydrogen) atoms. The van der Waals surface area contributed by atoms with Crippen LogP contribution in [0.2, 0.25) is 0 Å². The van der Waals surface area contributed by atoms with Crippen molar-refractivity contribution in [1.29, 1.82) is 0 Å². The summed E-state index contributed by atoms with van der Waals surface area (Å²) in [5, 5.41) is 2.82. The molecule has 0 aliphatic carbocycles. The Labute approximate surface area is 197 Å². The minimum absolute atomic E-state index is 0.154. The van der Waals surface area contributed by atoms with Gasteiger partial charge in [0.1, 0.15) is 0 Å². The van der Waals surface area contributed by atoms with E-state index < -0.39 is 6.09 Å². The first-order chi connectivity index (χ1) is 16.1. The lowest BCUT2D eigenvalue weighted by Crippen LogP contribution is -2.31. The van der Waals surface area contributed by atoms with Crippen LogP contribution >= 0.6 is 11.8 Å². The molecule has 0 saturated carbocycles. The molecule has 0 radical (unpaired) electrons. The molecule has 1 aliphatic rings. The average molecular weight is 463 g/mol. The number of benzene rings is 2. The highest BCUT2D eigenvalue weighted by atomic mass is 32.2. The van der Waals surface area contributed by atoms with Crippen molar-refractivity contribution in [3.63, 3.8) is 0 Å². The molecule has 3 aromatic rings. The first kappa shape index (κ1) is 22.8. The molecule has 0 unspecified atom stereocenters. The van der Waals surface area contributed by atoms with Gasteiger partial charge in [0, 0.05) is 55.5 Å². The van der Waals surface area contributed by atoms with Gasteiger partial charge in [-0.25, -0.2) is 9.78 Å². The second kappa shape index (κ2) is 11.0. The molecule has 1 fully saturated rings. The molecule has 0 atom stereocenters. The fourth-order valence-corrected chi connectivity index (χ4v) is 4.39. The van der Waals surface area contributed by atoms with E-state index in [9.17, 15) is 9.59 Å². The summed E-state index contributed by atoms with van der Waals surface area (Å²) in [7, 11) is 1.63. The van der Waals surface area contributed by atoms with E-state index in [4.69, 9.17) is 4.74 Å². The number of aromatic nitrogens is 1. The number of amides is 2. The van der Waals surface area contributed by atoms with E-state index in [-0.39, 0.29) is 11.8 Å². The van der Waals surface area contributed by atoms with Crippen LogP contribution in [0.15, 0.2) is 72.9 Å². The summed E-state index contributed by atoms with van der Waals surface area (Å²) >= 11 is 1.99. The summed E-state index contributed by atoms with van der Waals surface area (Å²) in [5.41, 5.74) is 3.01. The fraction of sp³-hybridized carbons (Fsp3) is 0.240. The minimum atomic E-state index is -0.547. The molecule has 0 spiro atoms. The van der Waals surface area contributed by atoms with Gasteiger partial charge in [-0.2, -0.15) is 11.8 Å². The van der Waals surface area contributed by atoms with Crippen LogP contribution in [0.4, 0.5) is 16.2 Å². The van der Waals surface area contributed by atoms with Gasteiger partial charge in [0.05, 0.1) is 11.9 Å². The van der Waals surface area contributed by atoms with Gasteiger partial charge in [-0.3, -0.25) is 14.6 Å². The van der Waals surface area contributed by atoms with E-state index in [0.29, 0.717) is 16.9 Å². The molecule has 2 amide bonds. The van der Waals surface area contributed by atoms with Crippen LogP contribution in [0.25, 0.3) is 0 Å². The number of nitrogens with one attached hydrogen (secondary N) is 1. The molecule has 1 aliphatic heterocycles. The number of rotatable bonds is 6. The Kier molecular flexibility index (Phi) is 7.59.